The van der Waals surface area contributed by atoms with Gasteiger partial charge in [0, 0.05) is 0 Å². The predicted octanol–water partition coefficient (Wildman–Crippen LogP) is 3.80. The molecule has 1 aliphatic rings. The van der Waals surface area contributed by atoms with E-state index in [1.165, 1.54) is 44.4 Å². The molecule has 10 nitrogen and oxygen atoms in total. The molecule has 1 atom stereocenters. The summed E-state index contributed by atoms with van der Waals surface area (Å²) in [6.45, 7) is 3.17. The lowest BCUT2D eigenvalue weighted by atomic mass is 10.1. The quantitative estimate of drug-likeness (QED) is 0.323. The number of carbonyl (C=O) groups is 4. The average Bonchev–Trinajstić information content (AvgIpc) is 3.36. The highest BCUT2D eigenvalue weighted by atomic mass is 35.5. The van der Waals surface area contributed by atoms with Crippen molar-refractivity contribution in [1.82, 2.24) is 10.2 Å². The van der Waals surface area contributed by atoms with Gasteiger partial charge < -0.3 is 23.9 Å². The molecule has 2 aromatic rings. The highest BCUT2D eigenvalue weighted by Gasteiger charge is 2.34. The number of rotatable bonds is 8. The number of hydrogen-bond donors (Lipinski definition) is 1. The van der Waals surface area contributed by atoms with Gasteiger partial charge in [-0.2, -0.15) is 0 Å². The summed E-state index contributed by atoms with van der Waals surface area (Å²) in [6, 6.07) is 5.10. The van der Waals surface area contributed by atoms with Crippen molar-refractivity contribution in [3.05, 3.63) is 57.1 Å². The van der Waals surface area contributed by atoms with E-state index >= 15 is 0 Å². The Balaban J connectivity index is 1.76. The van der Waals surface area contributed by atoms with E-state index in [1.54, 1.807) is 6.92 Å². The van der Waals surface area contributed by atoms with Crippen molar-refractivity contribution in [1.29, 1.82) is 0 Å². The summed E-state index contributed by atoms with van der Waals surface area (Å²) in [5.41, 5.74) is 0.382. The van der Waals surface area contributed by atoms with Gasteiger partial charge in [-0.05, 0) is 49.8 Å². The highest BCUT2D eigenvalue weighted by Crippen LogP contribution is 2.36. The minimum atomic E-state index is -0.940. The maximum Gasteiger partial charge on any atom is 0.373 e. The zero-order valence-electron chi connectivity index (χ0n) is 18.3. The molecule has 1 aromatic heterocycles. The number of amides is 3. The number of urea groups is 1. The molecule has 180 valence electrons. The fourth-order valence-corrected chi connectivity index (χ4v) is 3.56. The van der Waals surface area contributed by atoms with E-state index in [0.29, 0.717) is 5.56 Å². The third kappa shape index (κ3) is 5.52. The van der Waals surface area contributed by atoms with Crippen LogP contribution in [0.3, 0.4) is 0 Å². The van der Waals surface area contributed by atoms with Crippen molar-refractivity contribution in [2.75, 3.05) is 13.7 Å². The Hall–Kier alpha value is -3.50. The van der Waals surface area contributed by atoms with E-state index in [4.69, 9.17) is 37.1 Å². The van der Waals surface area contributed by atoms with Crippen LogP contribution in [0.2, 0.25) is 10.0 Å². The van der Waals surface area contributed by atoms with Crippen LogP contribution in [0.15, 0.2) is 34.4 Å². The largest absolute Gasteiger partial charge is 0.476 e. The van der Waals surface area contributed by atoms with E-state index in [2.05, 4.69) is 10.1 Å². The summed E-state index contributed by atoms with van der Waals surface area (Å²) in [5, 5.41) is 2.65. The maximum atomic E-state index is 12.7. The van der Waals surface area contributed by atoms with Gasteiger partial charge in [0.05, 0.1) is 30.3 Å². The highest BCUT2D eigenvalue weighted by molar-refractivity contribution is 6.37. The molecule has 1 aromatic carbocycles. The van der Waals surface area contributed by atoms with Crippen LogP contribution in [0, 0.1) is 0 Å². The minimum absolute atomic E-state index is 0.0227. The third-order valence-corrected chi connectivity index (χ3v) is 5.13. The Bertz CT molecular complexity index is 1150. The Morgan fingerprint density at radius 3 is 2.50 bits per heavy atom. The number of methoxy groups -OCH3 is 1. The molecule has 0 saturated carbocycles. The SMILES string of the molecule is CCOC(=O)[C@@H](C)Oc1c(Cl)cc(/C=C2\NC(=O)N(Cc3ccc(C(=O)OC)o3)C2=O)cc1Cl. The summed E-state index contributed by atoms with van der Waals surface area (Å²) in [4.78, 5) is 49.3. The van der Waals surface area contributed by atoms with Crippen molar-refractivity contribution < 1.29 is 37.8 Å². The topological polar surface area (TPSA) is 124 Å². The zero-order chi connectivity index (χ0) is 25.0. The molecule has 1 fully saturated rings. The van der Waals surface area contributed by atoms with Crippen molar-refractivity contribution in [2.24, 2.45) is 0 Å². The first-order valence-electron chi connectivity index (χ1n) is 9.98. The van der Waals surface area contributed by atoms with E-state index in [1.807, 2.05) is 0 Å². The van der Waals surface area contributed by atoms with E-state index < -0.39 is 30.0 Å². The van der Waals surface area contributed by atoms with Gasteiger partial charge in [0.1, 0.15) is 11.5 Å². The smallest absolute Gasteiger partial charge is 0.373 e. The van der Waals surface area contributed by atoms with Gasteiger partial charge in [0.25, 0.3) is 5.91 Å². The molecule has 1 N–H and O–H groups in total. The molecular formula is C22H20Cl2N2O8. The number of nitrogens with one attached hydrogen (secondary N) is 1. The lowest BCUT2D eigenvalue weighted by molar-refractivity contribution is -0.150. The third-order valence-electron chi connectivity index (χ3n) is 4.57. The van der Waals surface area contributed by atoms with Crippen LogP contribution in [0.5, 0.6) is 5.75 Å². The normalized spacial score (nSPS) is 15.3. The van der Waals surface area contributed by atoms with Gasteiger partial charge in [0.2, 0.25) is 5.76 Å². The number of benzene rings is 1. The molecule has 0 radical (unpaired) electrons. The first-order chi connectivity index (χ1) is 16.1. The standard InChI is InChI=1S/C22H20Cl2N2O8/c1-4-32-20(28)11(2)33-18-14(23)7-12(8-15(18)24)9-16-19(27)26(22(30)25-16)10-13-5-6-17(34-13)21(29)31-3/h5-9,11H,4,10H2,1-3H3,(H,25,30)/b16-9-/t11-/m1/s1. The number of ether oxygens (including phenoxy) is 3. The lowest BCUT2D eigenvalue weighted by Crippen LogP contribution is -2.30. The summed E-state index contributed by atoms with van der Waals surface area (Å²) in [6.07, 6.45) is 0.447. The number of furan rings is 1. The first-order valence-corrected chi connectivity index (χ1v) is 10.7. The molecule has 2 heterocycles. The van der Waals surface area contributed by atoms with Crippen LogP contribution in [-0.4, -0.2) is 48.6 Å². The second kappa shape index (κ2) is 10.6. The molecule has 0 unspecified atom stereocenters. The van der Waals surface area contributed by atoms with E-state index in [9.17, 15) is 19.2 Å². The molecule has 0 aliphatic carbocycles. The Labute approximate surface area is 204 Å². The maximum absolute atomic E-state index is 12.7. The Kier molecular flexibility index (Phi) is 7.85. The molecule has 34 heavy (non-hydrogen) atoms. The number of hydrogen-bond acceptors (Lipinski definition) is 8. The van der Waals surface area contributed by atoms with Gasteiger partial charge in [0.15, 0.2) is 11.9 Å². The molecule has 0 spiro atoms. The van der Waals surface area contributed by atoms with Crippen LogP contribution in [0.1, 0.15) is 35.7 Å². The number of imide groups is 1. The molecule has 3 rings (SSSR count). The molecular weight excluding hydrogens is 491 g/mol. The average molecular weight is 511 g/mol. The zero-order valence-corrected chi connectivity index (χ0v) is 19.9. The van der Waals surface area contributed by atoms with E-state index in [0.717, 1.165) is 4.90 Å². The van der Waals surface area contributed by atoms with Crippen molar-refractivity contribution in [3.8, 4) is 5.75 Å². The number of esters is 2. The number of halogens is 2. The van der Waals surface area contributed by atoms with Crippen LogP contribution in [0.4, 0.5) is 4.79 Å². The number of nitrogens with zero attached hydrogens (tertiary/aromatic N) is 1. The Morgan fingerprint density at radius 2 is 1.88 bits per heavy atom. The molecule has 1 saturated heterocycles. The second-order valence-corrected chi connectivity index (χ2v) is 7.78. The van der Waals surface area contributed by atoms with E-state index in [-0.39, 0.29) is 46.2 Å². The summed E-state index contributed by atoms with van der Waals surface area (Å²) < 4.78 is 20.3. The monoisotopic (exact) mass is 510 g/mol. The van der Waals surface area contributed by atoms with Crippen LogP contribution >= 0.6 is 23.2 Å². The number of carbonyl (C=O) groups excluding carboxylic acids is 4. The summed E-state index contributed by atoms with van der Waals surface area (Å²) >= 11 is 12.5. The van der Waals surface area contributed by atoms with Gasteiger partial charge in [-0.25, -0.2) is 14.4 Å². The molecule has 3 amide bonds. The van der Waals surface area contributed by atoms with Crippen LogP contribution in [0.25, 0.3) is 6.08 Å². The van der Waals surface area contributed by atoms with Crippen molar-refractivity contribution >= 4 is 53.2 Å². The fraction of sp³-hybridized carbons (Fsp3) is 0.273. The first kappa shape index (κ1) is 25.1. The molecule has 12 heteroatoms. The molecule has 0 bridgehead atoms. The fourth-order valence-electron chi connectivity index (χ4n) is 2.97. The predicted molar refractivity (Wildman–Crippen MR) is 120 cm³/mol. The lowest BCUT2D eigenvalue weighted by Gasteiger charge is -2.16. The summed E-state index contributed by atoms with van der Waals surface area (Å²) in [7, 11) is 1.21. The minimum Gasteiger partial charge on any atom is -0.476 e. The van der Waals surface area contributed by atoms with Crippen LogP contribution < -0.4 is 10.1 Å². The second-order valence-electron chi connectivity index (χ2n) is 6.96. The van der Waals surface area contributed by atoms with Gasteiger partial charge in [-0.1, -0.05) is 23.2 Å². The van der Waals surface area contributed by atoms with Crippen molar-refractivity contribution in [3.63, 3.8) is 0 Å². The summed E-state index contributed by atoms with van der Waals surface area (Å²) in [5.74, 6) is -1.63. The molecule has 1 aliphatic heterocycles. The van der Waals surface area contributed by atoms with Crippen LogP contribution in [-0.2, 0) is 25.6 Å². The van der Waals surface area contributed by atoms with Crippen molar-refractivity contribution in [2.45, 2.75) is 26.5 Å². The Morgan fingerprint density at radius 1 is 1.21 bits per heavy atom. The van der Waals surface area contributed by atoms with Gasteiger partial charge in [-0.15, -0.1) is 0 Å². The van der Waals surface area contributed by atoms with Gasteiger partial charge in [-0.3, -0.25) is 9.69 Å². The van der Waals surface area contributed by atoms with Gasteiger partial charge >= 0.3 is 18.0 Å².